The lowest BCUT2D eigenvalue weighted by Crippen LogP contribution is -2.50. The fourth-order valence-corrected chi connectivity index (χ4v) is 3.37. The van der Waals surface area contributed by atoms with E-state index in [4.69, 9.17) is 11.3 Å². The third-order valence-corrected chi connectivity index (χ3v) is 4.84. The molecule has 0 atom stereocenters. The van der Waals surface area contributed by atoms with Gasteiger partial charge in [0.25, 0.3) is 5.66 Å². The number of hydrogen-bond donors (Lipinski definition) is 0. The Morgan fingerprint density at radius 1 is 1.17 bits per heavy atom. The smallest absolute Gasteiger partial charge is 0.292 e. The van der Waals surface area contributed by atoms with Gasteiger partial charge in [-0.15, -0.1) is 0 Å². The van der Waals surface area contributed by atoms with E-state index in [1.807, 2.05) is 0 Å². The molecule has 1 heterocycles. The van der Waals surface area contributed by atoms with Crippen molar-refractivity contribution < 1.29 is 4.74 Å². The molecule has 0 bridgehead atoms. The van der Waals surface area contributed by atoms with Gasteiger partial charge in [-0.2, -0.15) is 0 Å². The van der Waals surface area contributed by atoms with Crippen molar-refractivity contribution in [1.82, 2.24) is 9.80 Å². The normalized spacial score (nSPS) is 17.4. The molecule has 0 amide bonds. The van der Waals surface area contributed by atoms with E-state index >= 15 is 0 Å². The summed E-state index contributed by atoms with van der Waals surface area (Å²) in [5, 5.41) is 0. The molecular formula is C20H31N3O. The van der Waals surface area contributed by atoms with Crippen LogP contribution in [0.25, 0.3) is 4.85 Å². The summed E-state index contributed by atoms with van der Waals surface area (Å²) in [6.45, 7) is 17.6. The molecule has 0 spiro atoms. The molecule has 0 N–H and O–H groups in total. The molecule has 1 aromatic rings. The molecule has 0 saturated carbocycles. The van der Waals surface area contributed by atoms with E-state index in [-0.39, 0.29) is 5.66 Å². The van der Waals surface area contributed by atoms with Gasteiger partial charge in [-0.1, -0.05) is 44.2 Å². The monoisotopic (exact) mass is 329 g/mol. The first-order valence-electron chi connectivity index (χ1n) is 8.99. The first kappa shape index (κ1) is 18.9. The highest BCUT2D eigenvalue weighted by Crippen LogP contribution is 2.28. The molecule has 1 aliphatic rings. The molecule has 0 aliphatic carbocycles. The van der Waals surface area contributed by atoms with E-state index in [0.717, 1.165) is 39.0 Å². The summed E-state index contributed by atoms with van der Waals surface area (Å²) in [5.74, 6) is 0.636. The van der Waals surface area contributed by atoms with E-state index in [1.54, 1.807) is 0 Å². The van der Waals surface area contributed by atoms with Crippen molar-refractivity contribution in [3.05, 3.63) is 47.3 Å². The van der Waals surface area contributed by atoms with Crippen LogP contribution in [0.3, 0.4) is 0 Å². The first-order chi connectivity index (χ1) is 11.6. The molecule has 0 unspecified atom stereocenters. The van der Waals surface area contributed by atoms with Crippen LogP contribution in [-0.2, 0) is 11.3 Å². The molecule has 1 fully saturated rings. The highest BCUT2D eigenvalue weighted by Gasteiger charge is 2.42. The Kier molecular flexibility index (Phi) is 7.23. The molecule has 24 heavy (non-hydrogen) atoms. The summed E-state index contributed by atoms with van der Waals surface area (Å²) in [5.41, 5.74) is 0.987. The average molecular weight is 329 g/mol. The lowest BCUT2D eigenvalue weighted by atomic mass is 9.99. The topological polar surface area (TPSA) is 20.1 Å². The lowest BCUT2D eigenvalue weighted by Gasteiger charge is -2.35. The number of ether oxygens (including phenoxy) is 1. The number of benzene rings is 1. The van der Waals surface area contributed by atoms with Crippen LogP contribution in [0.5, 0.6) is 0 Å². The van der Waals surface area contributed by atoms with Crippen LogP contribution in [0, 0.1) is 12.5 Å². The quantitative estimate of drug-likeness (QED) is 0.681. The van der Waals surface area contributed by atoms with Crippen molar-refractivity contribution in [2.45, 2.75) is 38.9 Å². The van der Waals surface area contributed by atoms with E-state index in [9.17, 15) is 0 Å². The summed E-state index contributed by atoms with van der Waals surface area (Å²) in [7, 11) is 2.10. The van der Waals surface area contributed by atoms with Crippen LogP contribution in [0.1, 0.15) is 32.3 Å². The maximum absolute atomic E-state index is 7.67. The lowest BCUT2D eigenvalue weighted by molar-refractivity contribution is 0.00253. The summed E-state index contributed by atoms with van der Waals surface area (Å²) < 4.78 is 5.45. The van der Waals surface area contributed by atoms with Gasteiger partial charge >= 0.3 is 0 Å². The number of likely N-dealkylation sites (N-methyl/N-ethyl adjacent to an activating group) is 1. The fourth-order valence-electron chi connectivity index (χ4n) is 3.37. The minimum absolute atomic E-state index is 0.367. The van der Waals surface area contributed by atoms with Crippen LogP contribution >= 0.6 is 0 Å². The second-order valence-electron chi connectivity index (χ2n) is 7.24. The van der Waals surface area contributed by atoms with Crippen LogP contribution in [0.15, 0.2) is 30.3 Å². The largest absolute Gasteiger partial charge is 0.381 e. The third-order valence-electron chi connectivity index (χ3n) is 4.84. The second-order valence-corrected chi connectivity index (χ2v) is 7.24. The van der Waals surface area contributed by atoms with E-state index < -0.39 is 0 Å². The Hall–Kier alpha value is -1.41. The van der Waals surface area contributed by atoms with Crippen molar-refractivity contribution in [1.29, 1.82) is 0 Å². The number of rotatable bonds is 8. The van der Waals surface area contributed by atoms with Gasteiger partial charge in [0, 0.05) is 26.2 Å². The van der Waals surface area contributed by atoms with Gasteiger partial charge in [0.05, 0.1) is 26.1 Å². The summed E-state index contributed by atoms with van der Waals surface area (Å²) in [4.78, 5) is 8.74. The Morgan fingerprint density at radius 2 is 1.83 bits per heavy atom. The molecule has 0 aromatic heterocycles. The Labute approximate surface area is 147 Å². The number of nitrogens with zero attached hydrogens (tertiary/aromatic N) is 3. The Morgan fingerprint density at radius 3 is 2.42 bits per heavy atom. The minimum atomic E-state index is -0.367. The van der Waals surface area contributed by atoms with Crippen molar-refractivity contribution in [3.63, 3.8) is 0 Å². The summed E-state index contributed by atoms with van der Waals surface area (Å²) in [6.07, 6.45) is 1.63. The minimum Gasteiger partial charge on any atom is -0.381 e. The van der Waals surface area contributed by atoms with Gasteiger partial charge in [-0.25, -0.2) is 11.5 Å². The van der Waals surface area contributed by atoms with Gasteiger partial charge in [-0.05, 0) is 18.5 Å². The molecule has 4 heteroatoms. The van der Waals surface area contributed by atoms with Crippen LogP contribution in [-0.4, -0.2) is 55.4 Å². The highest BCUT2D eigenvalue weighted by molar-refractivity contribution is 5.14. The maximum Gasteiger partial charge on any atom is 0.292 e. The van der Waals surface area contributed by atoms with Gasteiger partial charge in [0.1, 0.15) is 0 Å². The van der Waals surface area contributed by atoms with Gasteiger partial charge in [0.2, 0.25) is 0 Å². The molecule has 1 aliphatic heterocycles. The zero-order valence-corrected chi connectivity index (χ0v) is 15.4. The Bertz CT molecular complexity index is 517. The zero-order chi connectivity index (χ0) is 17.4. The van der Waals surface area contributed by atoms with Crippen molar-refractivity contribution in [2.75, 3.05) is 39.9 Å². The highest BCUT2D eigenvalue weighted by atomic mass is 16.5. The molecule has 1 saturated heterocycles. The maximum atomic E-state index is 7.67. The molecular weight excluding hydrogens is 298 g/mol. The summed E-state index contributed by atoms with van der Waals surface area (Å²) >= 11 is 0. The SMILES string of the molecule is [C-]#[N+]C1(N(C)CCN(Cc2ccccc2)CC(C)C)CCOCC1. The Balaban J connectivity index is 1.95. The molecule has 2 rings (SSSR count). The average Bonchev–Trinajstić information content (AvgIpc) is 2.60. The zero-order valence-electron chi connectivity index (χ0n) is 15.4. The molecule has 1 aromatic carbocycles. The predicted octanol–water partition coefficient (Wildman–Crippen LogP) is 3.50. The predicted molar refractivity (Wildman–Crippen MR) is 98.6 cm³/mol. The van der Waals surface area contributed by atoms with Crippen molar-refractivity contribution >= 4 is 0 Å². The van der Waals surface area contributed by atoms with Crippen molar-refractivity contribution in [3.8, 4) is 0 Å². The van der Waals surface area contributed by atoms with Gasteiger partial charge in [0.15, 0.2) is 0 Å². The van der Waals surface area contributed by atoms with E-state index in [1.165, 1.54) is 5.56 Å². The molecule has 132 valence electrons. The fraction of sp³-hybridized carbons (Fsp3) is 0.650. The van der Waals surface area contributed by atoms with E-state index in [0.29, 0.717) is 19.1 Å². The van der Waals surface area contributed by atoms with Gasteiger partial charge < -0.3 is 4.74 Å². The summed E-state index contributed by atoms with van der Waals surface area (Å²) in [6, 6.07) is 10.6. The van der Waals surface area contributed by atoms with E-state index in [2.05, 4.69) is 65.9 Å². The standard InChI is InChI=1S/C20H31N3O/c1-18(2)16-23(17-19-8-6-5-7-9-19)13-12-22(4)20(21-3)10-14-24-15-11-20/h5-9,18H,10-17H2,1-2,4H3. The second kappa shape index (κ2) is 9.17. The van der Waals surface area contributed by atoms with Crippen LogP contribution in [0.4, 0.5) is 0 Å². The number of hydrogen-bond acceptors (Lipinski definition) is 3. The van der Waals surface area contributed by atoms with Crippen LogP contribution < -0.4 is 0 Å². The third kappa shape index (κ3) is 5.31. The molecule has 4 nitrogen and oxygen atoms in total. The molecule has 0 radical (unpaired) electrons. The van der Waals surface area contributed by atoms with Crippen molar-refractivity contribution in [2.24, 2.45) is 5.92 Å². The van der Waals surface area contributed by atoms with Gasteiger partial charge in [-0.3, -0.25) is 9.74 Å². The van der Waals surface area contributed by atoms with Crippen LogP contribution in [0.2, 0.25) is 0 Å². The first-order valence-corrected chi connectivity index (χ1v) is 8.99.